The van der Waals surface area contributed by atoms with Crippen molar-refractivity contribution >= 4 is 22.4 Å². The number of ether oxygens (including phenoxy) is 3. The van der Waals surface area contributed by atoms with Crippen LogP contribution in [0.3, 0.4) is 0 Å². The van der Waals surface area contributed by atoms with Crippen molar-refractivity contribution in [2.45, 2.75) is 45.1 Å². The number of amides is 1. The largest absolute Gasteiger partial charge is 0.473 e. The molecule has 0 aliphatic carbocycles. The van der Waals surface area contributed by atoms with Gasteiger partial charge >= 0.3 is 0 Å². The number of hydrogen-bond acceptors (Lipinski definition) is 9. The second-order valence-electron chi connectivity index (χ2n) is 7.04. The lowest BCUT2D eigenvalue weighted by Gasteiger charge is -2.26. The lowest BCUT2D eigenvalue weighted by molar-refractivity contribution is -0.114. The first-order valence-electron chi connectivity index (χ1n) is 9.24. The van der Waals surface area contributed by atoms with Crippen molar-refractivity contribution in [3.05, 3.63) is 23.5 Å². The van der Waals surface area contributed by atoms with Crippen LogP contribution in [-0.4, -0.2) is 63.8 Å². The Kier molecular flexibility index (Phi) is 5.69. The van der Waals surface area contributed by atoms with Crippen molar-refractivity contribution < 1.29 is 19.0 Å². The molecule has 2 atom stereocenters. The molecule has 0 bridgehead atoms. The van der Waals surface area contributed by atoms with Crippen molar-refractivity contribution in [3.63, 3.8) is 0 Å². The fourth-order valence-corrected chi connectivity index (χ4v) is 4.10. The second-order valence-corrected chi connectivity index (χ2v) is 8.15. The first kappa shape index (κ1) is 19.0. The van der Waals surface area contributed by atoms with E-state index in [9.17, 15) is 4.79 Å². The van der Waals surface area contributed by atoms with E-state index in [4.69, 9.17) is 14.2 Å². The van der Waals surface area contributed by atoms with E-state index in [-0.39, 0.29) is 18.1 Å². The lowest BCUT2D eigenvalue weighted by Crippen LogP contribution is -2.38. The van der Waals surface area contributed by atoms with Crippen LogP contribution >= 0.6 is 11.3 Å². The highest BCUT2D eigenvalue weighted by atomic mass is 32.1. The van der Waals surface area contributed by atoms with E-state index in [0.717, 1.165) is 24.4 Å². The van der Waals surface area contributed by atoms with E-state index in [1.54, 1.807) is 6.07 Å². The summed E-state index contributed by atoms with van der Waals surface area (Å²) in [4.78, 5) is 27.2. The van der Waals surface area contributed by atoms with Crippen molar-refractivity contribution in [2.24, 2.45) is 0 Å². The van der Waals surface area contributed by atoms with Gasteiger partial charge in [-0.3, -0.25) is 9.69 Å². The number of aromatic nitrogens is 3. The molecular weight excluding hydrogens is 382 g/mol. The number of anilines is 1. The summed E-state index contributed by atoms with van der Waals surface area (Å²) in [6.07, 6.45) is 4.30. The van der Waals surface area contributed by atoms with Crippen LogP contribution in [0.2, 0.25) is 0 Å². The summed E-state index contributed by atoms with van der Waals surface area (Å²) in [6.45, 7) is 6.43. The Morgan fingerprint density at radius 1 is 1.29 bits per heavy atom. The number of carbonyl (C=O) groups is 1. The monoisotopic (exact) mass is 405 g/mol. The van der Waals surface area contributed by atoms with Gasteiger partial charge < -0.3 is 19.5 Å². The molecule has 9 nitrogen and oxygen atoms in total. The van der Waals surface area contributed by atoms with Gasteiger partial charge in [0.2, 0.25) is 17.7 Å². The molecule has 0 aromatic carbocycles. The van der Waals surface area contributed by atoms with Gasteiger partial charge in [-0.15, -0.1) is 11.3 Å². The predicted octanol–water partition coefficient (Wildman–Crippen LogP) is 1.71. The topological polar surface area (TPSA) is 98.7 Å². The SMILES string of the molecule is CC(=O)Nc1ncc(CN2C[C@H](Oc3cc(OC4COC4)ncn3)C[C@@H]2C)s1. The molecule has 0 saturated carbocycles. The Hall–Kier alpha value is -2.30. The van der Waals surface area contributed by atoms with Gasteiger partial charge in [0, 0.05) is 43.5 Å². The summed E-state index contributed by atoms with van der Waals surface area (Å²) in [5.41, 5.74) is 0. The third kappa shape index (κ3) is 4.75. The van der Waals surface area contributed by atoms with E-state index >= 15 is 0 Å². The Morgan fingerprint density at radius 3 is 2.71 bits per heavy atom. The van der Waals surface area contributed by atoms with Gasteiger partial charge in [0.25, 0.3) is 0 Å². The highest BCUT2D eigenvalue weighted by Gasteiger charge is 2.31. The van der Waals surface area contributed by atoms with Gasteiger partial charge in [0.15, 0.2) is 5.13 Å². The summed E-state index contributed by atoms with van der Waals surface area (Å²) in [7, 11) is 0. The van der Waals surface area contributed by atoms with E-state index in [1.807, 2.05) is 6.20 Å². The Labute approximate surface area is 167 Å². The summed E-state index contributed by atoms with van der Waals surface area (Å²) < 4.78 is 16.9. The predicted molar refractivity (Wildman–Crippen MR) is 103 cm³/mol. The van der Waals surface area contributed by atoms with Crippen molar-refractivity contribution in [3.8, 4) is 11.8 Å². The first-order valence-corrected chi connectivity index (χ1v) is 10.1. The fraction of sp³-hybridized carbons (Fsp3) is 0.556. The first-order chi connectivity index (χ1) is 13.5. The maximum absolute atomic E-state index is 11.1. The molecule has 150 valence electrons. The molecule has 2 saturated heterocycles. The van der Waals surface area contributed by atoms with E-state index in [1.165, 1.54) is 24.6 Å². The van der Waals surface area contributed by atoms with Crippen LogP contribution in [0.5, 0.6) is 11.8 Å². The number of thiazole rings is 1. The fourth-order valence-electron chi connectivity index (χ4n) is 3.22. The average Bonchev–Trinajstić information content (AvgIpc) is 3.18. The van der Waals surface area contributed by atoms with Crippen molar-refractivity contribution in [2.75, 3.05) is 25.1 Å². The van der Waals surface area contributed by atoms with Gasteiger partial charge in [-0.25, -0.2) is 15.0 Å². The summed E-state index contributed by atoms with van der Waals surface area (Å²) in [5.74, 6) is 0.924. The third-order valence-electron chi connectivity index (χ3n) is 4.66. The molecule has 2 aliphatic heterocycles. The molecule has 2 aromatic heterocycles. The highest BCUT2D eigenvalue weighted by Crippen LogP contribution is 2.27. The molecule has 2 aromatic rings. The van der Waals surface area contributed by atoms with Crippen LogP contribution in [0, 0.1) is 0 Å². The summed E-state index contributed by atoms with van der Waals surface area (Å²) >= 11 is 1.50. The van der Waals surface area contributed by atoms with Crippen LogP contribution in [0.25, 0.3) is 0 Å². The zero-order valence-corrected chi connectivity index (χ0v) is 16.6. The quantitative estimate of drug-likeness (QED) is 0.743. The van der Waals surface area contributed by atoms with Crippen LogP contribution in [-0.2, 0) is 16.1 Å². The number of hydrogen-bond donors (Lipinski definition) is 1. The van der Waals surface area contributed by atoms with Crippen LogP contribution in [0.1, 0.15) is 25.1 Å². The minimum Gasteiger partial charge on any atom is -0.473 e. The van der Waals surface area contributed by atoms with Crippen molar-refractivity contribution in [1.82, 2.24) is 19.9 Å². The lowest BCUT2D eigenvalue weighted by atomic mass is 10.2. The molecule has 28 heavy (non-hydrogen) atoms. The third-order valence-corrected chi connectivity index (χ3v) is 5.56. The van der Waals surface area contributed by atoms with Gasteiger partial charge in [-0.2, -0.15) is 0 Å². The normalized spacial score (nSPS) is 22.6. The minimum atomic E-state index is -0.109. The molecule has 1 N–H and O–H groups in total. The van der Waals surface area contributed by atoms with E-state index < -0.39 is 0 Å². The van der Waals surface area contributed by atoms with Gasteiger partial charge in [0.1, 0.15) is 18.5 Å². The van der Waals surface area contributed by atoms with Gasteiger partial charge in [-0.05, 0) is 6.92 Å². The van der Waals surface area contributed by atoms with E-state index in [2.05, 4.69) is 32.1 Å². The maximum atomic E-state index is 11.1. The summed E-state index contributed by atoms with van der Waals surface area (Å²) in [6, 6.07) is 2.11. The number of likely N-dealkylation sites (tertiary alicyclic amines) is 1. The molecule has 0 spiro atoms. The molecule has 10 heteroatoms. The van der Waals surface area contributed by atoms with Crippen LogP contribution in [0.4, 0.5) is 5.13 Å². The van der Waals surface area contributed by atoms with Crippen LogP contribution in [0.15, 0.2) is 18.6 Å². The van der Waals surface area contributed by atoms with E-state index in [0.29, 0.717) is 36.1 Å². The van der Waals surface area contributed by atoms with Crippen molar-refractivity contribution in [1.29, 1.82) is 0 Å². The minimum absolute atomic E-state index is 0.0486. The molecule has 2 fully saturated rings. The number of nitrogens with one attached hydrogen (secondary N) is 1. The maximum Gasteiger partial charge on any atom is 0.223 e. The Balaban J connectivity index is 1.31. The Morgan fingerprint density at radius 2 is 2.04 bits per heavy atom. The standard InChI is InChI=1S/C18H23N5O4S/c1-11-3-13(6-23(11)7-15-5-19-18(28-15)22-12(2)24)26-16-4-17(21-10-20-16)27-14-8-25-9-14/h4-5,10-11,13-14H,3,6-9H2,1-2H3,(H,19,22,24)/t11-,13+/m0/s1. The molecule has 0 radical (unpaired) electrons. The Bertz CT molecular complexity index is 828. The highest BCUT2D eigenvalue weighted by molar-refractivity contribution is 7.15. The number of carbonyl (C=O) groups excluding carboxylic acids is 1. The number of nitrogens with zero attached hydrogens (tertiary/aromatic N) is 4. The van der Waals surface area contributed by atoms with Crippen LogP contribution < -0.4 is 14.8 Å². The molecule has 4 rings (SSSR count). The number of rotatable bonds is 7. The molecule has 0 unspecified atom stereocenters. The molecule has 1 amide bonds. The smallest absolute Gasteiger partial charge is 0.223 e. The molecule has 4 heterocycles. The van der Waals surface area contributed by atoms with Gasteiger partial charge in [0.05, 0.1) is 19.3 Å². The van der Waals surface area contributed by atoms with Gasteiger partial charge in [-0.1, -0.05) is 0 Å². The zero-order valence-electron chi connectivity index (χ0n) is 15.8. The second kappa shape index (κ2) is 8.38. The molecular formula is C18H23N5O4S. The summed E-state index contributed by atoms with van der Waals surface area (Å²) in [5, 5.41) is 3.35. The molecule has 2 aliphatic rings. The zero-order chi connectivity index (χ0) is 19.5. The average molecular weight is 405 g/mol.